The van der Waals surface area contributed by atoms with Gasteiger partial charge in [-0.25, -0.2) is 0 Å². The van der Waals surface area contributed by atoms with E-state index in [2.05, 4.69) is 21.9 Å². The molecule has 4 rings (SSSR count). The van der Waals surface area contributed by atoms with Crippen LogP contribution in [0, 0.1) is 0 Å². The molecular weight excluding hydrogens is 352 g/mol. The fourth-order valence-corrected chi connectivity index (χ4v) is 3.11. The van der Waals surface area contributed by atoms with E-state index >= 15 is 0 Å². The number of hydrogen-bond acceptors (Lipinski definition) is 3. The van der Waals surface area contributed by atoms with Crippen molar-refractivity contribution in [3.63, 3.8) is 0 Å². The molecule has 6 heteroatoms. The highest BCUT2D eigenvalue weighted by Gasteiger charge is 2.14. The van der Waals surface area contributed by atoms with Crippen molar-refractivity contribution in [3.05, 3.63) is 90.8 Å². The summed E-state index contributed by atoms with van der Waals surface area (Å²) in [4.78, 5) is 28.5. The van der Waals surface area contributed by atoms with Gasteiger partial charge in [-0.2, -0.15) is 0 Å². The van der Waals surface area contributed by atoms with Crippen molar-refractivity contribution in [2.75, 3.05) is 0 Å². The maximum absolute atomic E-state index is 12.5. The molecule has 4 aromatic rings. The lowest BCUT2D eigenvalue weighted by atomic mass is 10.1. The van der Waals surface area contributed by atoms with E-state index in [1.807, 2.05) is 59.2 Å². The van der Waals surface area contributed by atoms with Crippen molar-refractivity contribution in [2.24, 2.45) is 0 Å². The fraction of sp³-hybridized carbons (Fsp3) is 0.0455. The Hall–Kier alpha value is -3.93. The maximum Gasteiger partial charge on any atom is 0.269 e. The monoisotopic (exact) mass is 370 g/mol. The molecule has 0 bridgehead atoms. The number of pyridine rings is 1. The Bertz CT molecular complexity index is 1120. The van der Waals surface area contributed by atoms with Crippen molar-refractivity contribution in [2.45, 2.75) is 6.54 Å². The predicted octanol–water partition coefficient (Wildman–Crippen LogP) is 3.16. The smallest absolute Gasteiger partial charge is 0.269 e. The summed E-state index contributed by atoms with van der Waals surface area (Å²) >= 11 is 0. The number of nitrogens with one attached hydrogen (secondary N) is 2. The van der Waals surface area contributed by atoms with Crippen LogP contribution in [-0.4, -0.2) is 21.4 Å². The van der Waals surface area contributed by atoms with E-state index in [4.69, 9.17) is 0 Å². The second-order valence-corrected chi connectivity index (χ2v) is 6.28. The molecule has 2 amide bonds. The van der Waals surface area contributed by atoms with E-state index < -0.39 is 5.91 Å². The predicted molar refractivity (Wildman–Crippen MR) is 107 cm³/mol. The first-order valence-corrected chi connectivity index (χ1v) is 8.85. The minimum atomic E-state index is -0.392. The van der Waals surface area contributed by atoms with Crippen molar-refractivity contribution < 1.29 is 9.59 Å². The zero-order chi connectivity index (χ0) is 19.3. The van der Waals surface area contributed by atoms with Gasteiger partial charge in [0.25, 0.3) is 11.8 Å². The van der Waals surface area contributed by atoms with Gasteiger partial charge < -0.3 is 4.57 Å². The summed E-state index contributed by atoms with van der Waals surface area (Å²) in [6.45, 7) is 0.0777. The van der Waals surface area contributed by atoms with Crippen molar-refractivity contribution >= 4 is 22.7 Å². The number of benzene rings is 2. The van der Waals surface area contributed by atoms with Gasteiger partial charge in [0, 0.05) is 34.6 Å². The Morgan fingerprint density at radius 1 is 0.857 bits per heavy atom. The van der Waals surface area contributed by atoms with Crippen molar-refractivity contribution in [1.29, 1.82) is 0 Å². The Morgan fingerprint density at radius 3 is 2.36 bits per heavy atom. The third-order valence-electron chi connectivity index (χ3n) is 4.44. The van der Waals surface area contributed by atoms with E-state index in [0.29, 0.717) is 5.56 Å². The molecule has 0 aliphatic heterocycles. The maximum atomic E-state index is 12.5. The summed E-state index contributed by atoms with van der Waals surface area (Å²) in [7, 11) is 0. The molecule has 0 saturated heterocycles. The number of rotatable bonds is 4. The molecular formula is C22H18N4O2. The summed E-state index contributed by atoms with van der Waals surface area (Å²) in [6.07, 6.45) is 3.05. The molecule has 2 N–H and O–H groups in total. The Kier molecular flexibility index (Phi) is 4.84. The second-order valence-electron chi connectivity index (χ2n) is 6.28. The quantitative estimate of drug-likeness (QED) is 0.542. The lowest BCUT2D eigenvalue weighted by Crippen LogP contribution is -2.43. The molecule has 0 aliphatic rings. The SMILES string of the molecule is O=C(Cn1c(-c2ccccc2)cc2ccccc21)NNC(=O)c1ccncc1. The Labute approximate surface area is 161 Å². The lowest BCUT2D eigenvalue weighted by molar-refractivity contribution is -0.122. The van der Waals surface area contributed by atoms with E-state index in [1.54, 1.807) is 12.1 Å². The first kappa shape index (κ1) is 17.5. The van der Waals surface area contributed by atoms with Gasteiger partial charge >= 0.3 is 0 Å². The zero-order valence-corrected chi connectivity index (χ0v) is 15.0. The number of carbonyl (C=O) groups is 2. The largest absolute Gasteiger partial charge is 0.331 e. The molecule has 0 aliphatic carbocycles. The minimum absolute atomic E-state index is 0.0777. The molecule has 6 nitrogen and oxygen atoms in total. The van der Waals surface area contributed by atoms with Crippen LogP contribution in [0.3, 0.4) is 0 Å². The molecule has 2 aromatic carbocycles. The number of aromatic nitrogens is 2. The highest BCUT2D eigenvalue weighted by Crippen LogP contribution is 2.28. The summed E-state index contributed by atoms with van der Waals surface area (Å²) < 4.78 is 1.94. The Balaban J connectivity index is 1.55. The molecule has 0 atom stereocenters. The third kappa shape index (κ3) is 3.61. The van der Waals surface area contributed by atoms with Crippen LogP contribution in [-0.2, 0) is 11.3 Å². The van der Waals surface area contributed by atoms with Gasteiger partial charge in [-0.05, 0) is 29.8 Å². The number of hydrazine groups is 1. The van der Waals surface area contributed by atoms with Crippen LogP contribution in [0.2, 0.25) is 0 Å². The number of para-hydroxylation sites is 1. The Morgan fingerprint density at radius 2 is 1.57 bits per heavy atom. The average Bonchev–Trinajstić information content (AvgIpc) is 3.12. The highest BCUT2D eigenvalue weighted by atomic mass is 16.2. The van der Waals surface area contributed by atoms with E-state index in [-0.39, 0.29) is 12.5 Å². The molecule has 0 fully saturated rings. The molecule has 0 saturated carbocycles. The van der Waals surface area contributed by atoms with E-state index in [9.17, 15) is 9.59 Å². The highest BCUT2D eigenvalue weighted by molar-refractivity contribution is 5.95. The fourth-order valence-electron chi connectivity index (χ4n) is 3.11. The molecule has 138 valence electrons. The van der Waals surface area contributed by atoms with Crippen LogP contribution in [0.1, 0.15) is 10.4 Å². The minimum Gasteiger partial charge on any atom is -0.331 e. The molecule has 2 heterocycles. The van der Waals surface area contributed by atoms with Crippen LogP contribution in [0.5, 0.6) is 0 Å². The van der Waals surface area contributed by atoms with Crippen LogP contribution in [0.25, 0.3) is 22.2 Å². The number of fused-ring (bicyclic) bond motifs is 1. The molecule has 0 radical (unpaired) electrons. The van der Waals surface area contributed by atoms with E-state index in [1.165, 1.54) is 12.4 Å². The number of amides is 2. The molecule has 0 spiro atoms. The standard InChI is InChI=1S/C22H18N4O2/c27-21(24-25-22(28)17-10-12-23-13-11-17)15-26-19-9-5-4-8-18(19)14-20(26)16-6-2-1-3-7-16/h1-14H,15H2,(H,24,27)(H,25,28). The van der Waals surface area contributed by atoms with Gasteiger partial charge in [0.2, 0.25) is 0 Å². The first-order chi connectivity index (χ1) is 13.7. The third-order valence-corrected chi connectivity index (χ3v) is 4.44. The summed E-state index contributed by atoms with van der Waals surface area (Å²) in [5.41, 5.74) is 8.26. The summed E-state index contributed by atoms with van der Waals surface area (Å²) in [6, 6.07) is 23.0. The van der Waals surface area contributed by atoms with E-state index in [0.717, 1.165) is 22.2 Å². The van der Waals surface area contributed by atoms with Crippen LogP contribution in [0.4, 0.5) is 0 Å². The molecule has 0 unspecified atom stereocenters. The molecule has 28 heavy (non-hydrogen) atoms. The van der Waals surface area contributed by atoms with Gasteiger partial charge in [0.15, 0.2) is 0 Å². The number of nitrogens with zero attached hydrogens (tertiary/aromatic N) is 2. The summed E-state index contributed by atoms with van der Waals surface area (Å²) in [5, 5.41) is 1.05. The average molecular weight is 370 g/mol. The van der Waals surface area contributed by atoms with Crippen LogP contribution >= 0.6 is 0 Å². The lowest BCUT2D eigenvalue weighted by Gasteiger charge is -2.12. The normalized spacial score (nSPS) is 10.6. The molecule has 2 aromatic heterocycles. The van der Waals surface area contributed by atoms with Crippen molar-refractivity contribution in [1.82, 2.24) is 20.4 Å². The van der Waals surface area contributed by atoms with Gasteiger partial charge in [-0.3, -0.25) is 25.4 Å². The van der Waals surface area contributed by atoms with Gasteiger partial charge in [0.05, 0.1) is 0 Å². The van der Waals surface area contributed by atoms with Crippen LogP contribution < -0.4 is 10.9 Å². The van der Waals surface area contributed by atoms with Gasteiger partial charge in [-0.15, -0.1) is 0 Å². The van der Waals surface area contributed by atoms with Gasteiger partial charge in [-0.1, -0.05) is 48.5 Å². The van der Waals surface area contributed by atoms with Crippen molar-refractivity contribution in [3.8, 4) is 11.3 Å². The topological polar surface area (TPSA) is 76.0 Å². The van der Waals surface area contributed by atoms with Crippen LogP contribution in [0.15, 0.2) is 85.2 Å². The van der Waals surface area contributed by atoms with Gasteiger partial charge in [0.1, 0.15) is 6.54 Å². The second kappa shape index (κ2) is 7.75. The number of carbonyl (C=O) groups excluding carboxylic acids is 2. The zero-order valence-electron chi connectivity index (χ0n) is 15.0. The first-order valence-electron chi connectivity index (χ1n) is 8.85. The summed E-state index contributed by atoms with van der Waals surface area (Å²) in [5.74, 6) is -0.711. The number of hydrogen-bond donors (Lipinski definition) is 2.